The van der Waals surface area contributed by atoms with Crippen LogP contribution in [0.5, 0.6) is 0 Å². The maximum Gasteiger partial charge on any atom is 0.339 e. The van der Waals surface area contributed by atoms with Crippen molar-refractivity contribution in [3.05, 3.63) is 29.3 Å². The van der Waals surface area contributed by atoms with Crippen LogP contribution in [-0.4, -0.2) is 41.6 Å². The number of carboxylic acid groups (broad SMARTS) is 1. The van der Waals surface area contributed by atoms with Crippen LogP contribution >= 0.6 is 0 Å². The largest absolute Gasteiger partial charge is 0.480 e. The summed E-state index contributed by atoms with van der Waals surface area (Å²) in [4.78, 5) is 24.9. The first-order valence-electron chi connectivity index (χ1n) is 6.97. The van der Waals surface area contributed by atoms with Crippen molar-refractivity contribution in [3.63, 3.8) is 0 Å². The Hall–Kier alpha value is -2.08. The zero-order valence-corrected chi connectivity index (χ0v) is 12.0. The smallest absolute Gasteiger partial charge is 0.339 e. The Balaban J connectivity index is 2.22. The standard InChI is InChI=1S/C15H20N2O4/c1-21-15(20)11-6-4-5-10(13(11)16)9-17-8-3-2-7-12(17)14(18)19/h4-6,12H,2-3,7-9,16H2,1H3,(H,18,19). The van der Waals surface area contributed by atoms with E-state index in [9.17, 15) is 14.7 Å². The number of rotatable bonds is 4. The lowest BCUT2D eigenvalue weighted by Crippen LogP contribution is -2.44. The summed E-state index contributed by atoms with van der Waals surface area (Å²) in [5.41, 5.74) is 7.46. The van der Waals surface area contributed by atoms with Gasteiger partial charge in [0.05, 0.1) is 18.4 Å². The molecule has 0 spiro atoms. The van der Waals surface area contributed by atoms with E-state index in [0.717, 1.165) is 24.9 Å². The number of hydrogen-bond acceptors (Lipinski definition) is 5. The summed E-state index contributed by atoms with van der Waals surface area (Å²) in [5.74, 6) is -1.29. The van der Waals surface area contributed by atoms with Crippen molar-refractivity contribution in [2.75, 3.05) is 19.4 Å². The summed E-state index contributed by atoms with van der Waals surface area (Å²) >= 11 is 0. The van der Waals surface area contributed by atoms with Gasteiger partial charge in [0.25, 0.3) is 0 Å². The lowest BCUT2D eigenvalue weighted by molar-refractivity contribution is -0.144. The molecule has 3 N–H and O–H groups in total. The highest BCUT2D eigenvalue weighted by molar-refractivity contribution is 5.95. The Kier molecular flexibility index (Phi) is 4.80. The lowest BCUT2D eigenvalue weighted by atomic mass is 10.00. The van der Waals surface area contributed by atoms with Gasteiger partial charge in [0, 0.05) is 6.54 Å². The summed E-state index contributed by atoms with van der Waals surface area (Å²) in [5, 5.41) is 9.29. The van der Waals surface area contributed by atoms with Gasteiger partial charge in [-0.2, -0.15) is 0 Å². The molecule has 0 aliphatic carbocycles. The fourth-order valence-electron chi connectivity index (χ4n) is 2.72. The van der Waals surface area contributed by atoms with E-state index in [-0.39, 0.29) is 0 Å². The number of nitrogens with zero attached hydrogens (tertiary/aromatic N) is 1. The molecule has 1 aliphatic rings. The molecule has 0 bridgehead atoms. The zero-order valence-electron chi connectivity index (χ0n) is 12.0. The van der Waals surface area contributed by atoms with Crippen LogP contribution in [-0.2, 0) is 16.1 Å². The molecule has 1 atom stereocenters. The van der Waals surface area contributed by atoms with E-state index in [1.54, 1.807) is 12.1 Å². The van der Waals surface area contributed by atoms with E-state index in [4.69, 9.17) is 10.5 Å². The number of carbonyl (C=O) groups is 2. The van der Waals surface area contributed by atoms with Gasteiger partial charge in [-0.25, -0.2) is 4.79 Å². The number of nitrogens with two attached hydrogens (primary N) is 1. The molecule has 6 heteroatoms. The van der Waals surface area contributed by atoms with E-state index in [1.165, 1.54) is 7.11 Å². The van der Waals surface area contributed by atoms with Crippen molar-refractivity contribution >= 4 is 17.6 Å². The number of piperidine rings is 1. The average molecular weight is 292 g/mol. The van der Waals surface area contributed by atoms with Crippen molar-refractivity contribution in [1.82, 2.24) is 4.90 Å². The van der Waals surface area contributed by atoms with E-state index < -0.39 is 18.0 Å². The number of benzene rings is 1. The van der Waals surface area contributed by atoms with Crippen LogP contribution in [0.2, 0.25) is 0 Å². The van der Waals surface area contributed by atoms with E-state index in [1.807, 2.05) is 11.0 Å². The number of anilines is 1. The third kappa shape index (κ3) is 3.33. The zero-order chi connectivity index (χ0) is 15.4. The number of aliphatic carboxylic acids is 1. The van der Waals surface area contributed by atoms with E-state index in [2.05, 4.69) is 0 Å². The van der Waals surface area contributed by atoms with Gasteiger partial charge in [-0.15, -0.1) is 0 Å². The van der Waals surface area contributed by atoms with Crippen LogP contribution in [0.1, 0.15) is 35.2 Å². The topological polar surface area (TPSA) is 92.9 Å². The van der Waals surface area contributed by atoms with Gasteiger partial charge in [0.2, 0.25) is 0 Å². The third-order valence-electron chi connectivity index (χ3n) is 3.87. The van der Waals surface area contributed by atoms with Gasteiger partial charge in [0.15, 0.2) is 0 Å². The number of methoxy groups -OCH3 is 1. The molecule has 1 unspecified atom stereocenters. The normalized spacial score (nSPS) is 19.2. The maximum atomic E-state index is 11.6. The number of ether oxygens (including phenoxy) is 1. The monoisotopic (exact) mass is 292 g/mol. The fourth-order valence-corrected chi connectivity index (χ4v) is 2.72. The van der Waals surface area contributed by atoms with Crippen LogP contribution in [0, 0.1) is 0 Å². The molecule has 0 aromatic heterocycles. The highest BCUT2D eigenvalue weighted by Crippen LogP contribution is 2.24. The molecule has 0 amide bonds. The summed E-state index contributed by atoms with van der Waals surface area (Å²) < 4.78 is 4.69. The van der Waals surface area contributed by atoms with Crippen LogP contribution in [0.3, 0.4) is 0 Å². The molecule has 1 heterocycles. The lowest BCUT2D eigenvalue weighted by Gasteiger charge is -2.33. The molecule has 1 saturated heterocycles. The van der Waals surface area contributed by atoms with Gasteiger partial charge in [-0.3, -0.25) is 9.69 Å². The molecule has 6 nitrogen and oxygen atoms in total. The van der Waals surface area contributed by atoms with Crippen molar-refractivity contribution in [2.24, 2.45) is 0 Å². The first-order valence-corrected chi connectivity index (χ1v) is 6.97. The van der Waals surface area contributed by atoms with Crippen molar-refractivity contribution in [2.45, 2.75) is 31.8 Å². The van der Waals surface area contributed by atoms with Crippen molar-refractivity contribution < 1.29 is 19.4 Å². The second kappa shape index (κ2) is 6.58. The van der Waals surface area contributed by atoms with Gasteiger partial charge in [-0.05, 0) is 31.0 Å². The first-order chi connectivity index (χ1) is 10.0. The summed E-state index contributed by atoms with van der Waals surface area (Å²) in [6.07, 6.45) is 2.54. The predicted molar refractivity (Wildman–Crippen MR) is 77.9 cm³/mol. The molecule has 1 aliphatic heterocycles. The fraction of sp³-hybridized carbons (Fsp3) is 0.467. The number of nitrogen functional groups attached to an aromatic ring is 1. The second-order valence-electron chi connectivity index (χ2n) is 5.19. The molecule has 114 valence electrons. The molecule has 21 heavy (non-hydrogen) atoms. The number of hydrogen-bond donors (Lipinski definition) is 2. The molecular weight excluding hydrogens is 272 g/mol. The third-order valence-corrected chi connectivity index (χ3v) is 3.87. The first kappa shape index (κ1) is 15.3. The number of carboxylic acids is 1. The molecular formula is C15H20N2O4. The minimum Gasteiger partial charge on any atom is -0.480 e. The number of likely N-dealkylation sites (tertiary alicyclic amines) is 1. The Morgan fingerprint density at radius 2 is 2.19 bits per heavy atom. The number of esters is 1. The summed E-state index contributed by atoms with van der Waals surface area (Å²) in [7, 11) is 1.31. The van der Waals surface area contributed by atoms with Crippen LogP contribution < -0.4 is 5.73 Å². The Morgan fingerprint density at radius 3 is 2.86 bits per heavy atom. The molecule has 2 rings (SSSR count). The molecule has 0 radical (unpaired) electrons. The van der Waals surface area contributed by atoms with Crippen LogP contribution in [0.15, 0.2) is 18.2 Å². The van der Waals surface area contributed by atoms with Gasteiger partial charge >= 0.3 is 11.9 Å². The van der Waals surface area contributed by atoms with Gasteiger partial charge < -0.3 is 15.6 Å². The molecule has 1 aromatic rings. The van der Waals surface area contributed by atoms with Crippen molar-refractivity contribution in [1.29, 1.82) is 0 Å². The quantitative estimate of drug-likeness (QED) is 0.645. The Labute approximate surface area is 123 Å². The highest BCUT2D eigenvalue weighted by Gasteiger charge is 2.29. The SMILES string of the molecule is COC(=O)c1cccc(CN2CCCCC2C(=O)O)c1N. The van der Waals surface area contributed by atoms with Crippen LogP contribution in [0.4, 0.5) is 5.69 Å². The molecule has 1 aromatic carbocycles. The number of carbonyl (C=O) groups excluding carboxylic acids is 1. The maximum absolute atomic E-state index is 11.6. The predicted octanol–water partition coefficient (Wildman–Crippen LogP) is 1.49. The Bertz CT molecular complexity index is 544. The van der Waals surface area contributed by atoms with E-state index >= 15 is 0 Å². The Morgan fingerprint density at radius 1 is 1.43 bits per heavy atom. The minimum absolute atomic E-state index is 0.318. The molecule has 1 fully saturated rings. The van der Waals surface area contributed by atoms with Gasteiger partial charge in [-0.1, -0.05) is 18.6 Å². The second-order valence-corrected chi connectivity index (χ2v) is 5.19. The minimum atomic E-state index is -0.808. The number of para-hydroxylation sites is 1. The average Bonchev–Trinajstić information content (AvgIpc) is 2.49. The van der Waals surface area contributed by atoms with Crippen molar-refractivity contribution in [3.8, 4) is 0 Å². The van der Waals surface area contributed by atoms with E-state index in [0.29, 0.717) is 24.2 Å². The highest BCUT2D eigenvalue weighted by atomic mass is 16.5. The summed E-state index contributed by atoms with van der Waals surface area (Å²) in [6.45, 7) is 1.15. The van der Waals surface area contributed by atoms with Crippen LogP contribution in [0.25, 0.3) is 0 Å². The summed E-state index contributed by atoms with van der Waals surface area (Å²) in [6, 6.07) is 4.67. The van der Waals surface area contributed by atoms with Gasteiger partial charge in [0.1, 0.15) is 6.04 Å². The molecule has 0 saturated carbocycles.